The number of rotatable bonds is 5. The largest absolute Gasteiger partial charge is 0.481 e. The Balaban J connectivity index is 1.90. The van der Waals surface area contributed by atoms with Crippen molar-refractivity contribution < 1.29 is 9.53 Å². The molecule has 1 unspecified atom stereocenters. The summed E-state index contributed by atoms with van der Waals surface area (Å²) in [6.45, 7) is 0. The summed E-state index contributed by atoms with van der Waals surface area (Å²) in [6.07, 6.45) is 6.54. The number of benzene rings is 2. The monoisotopic (exact) mass is 393 g/mol. The molecule has 0 fully saturated rings. The van der Waals surface area contributed by atoms with E-state index in [2.05, 4.69) is 11.1 Å². The van der Waals surface area contributed by atoms with Crippen molar-refractivity contribution in [2.75, 3.05) is 12.0 Å². The molecule has 4 rings (SSSR count). The Morgan fingerprint density at radius 2 is 1.83 bits per heavy atom. The summed E-state index contributed by atoms with van der Waals surface area (Å²) < 4.78 is 5.16. The van der Waals surface area contributed by atoms with Crippen molar-refractivity contribution in [3.63, 3.8) is 0 Å². The van der Waals surface area contributed by atoms with Crippen molar-refractivity contribution >= 4 is 23.1 Å². The predicted molar refractivity (Wildman–Crippen MR) is 117 cm³/mol. The summed E-state index contributed by atoms with van der Waals surface area (Å²) in [5.74, 6) is 0.528. The van der Waals surface area contributed by atoms with Crippen LogP contribution in [0.25, 0.3) is 11.1 Å². The Bertz CT molecular complexity index is 1160. The molecule has 1 aromatic heterocycles. The van der Waals surface area contributed by atoms with E-state index in [0.717, 1.165) is 34.2 Å². The molecule has 30 heavy (non-hydrogen) atoms. The van der Waals surface area contributed by atoms with Crippen LogP contribution in [0.5, 0.6) is 5.88 Å². The van der Waals surface area contributed by atoms with Crippen LogP contribution in [0, 0.1) is 11.3 Å². The van der Waals surface area contributed by atoms with Crippen LogP contribution in [0.1, 0.15) is 16.7 Å². The average Bonchev–Trinajstić information content (AvgIpc) is 2.83. The molecule has 0 saturated carbocycles. The molecule has 1 atom stereocenters. The van der Waals surface area contributed by atoms with Crippen LogP contribution < -0.4 is 9.64 Å². The molecule has 0 spiro atoms. The second-order valence-electron chi connectivity index (χ2n) is 6.75. The Morgan fingerprint density at radius 1 is 1.07 bits per heavy atom. The smallest absolute Gasteiger partial charge is 0.212 e. The summed E-state index contributed by atoms with van der Waals surface area (Å²) in [4.78, 5) is 18.5. The van der Waals surface area contributed by atoms with Crippen LogP contribution >= 0.6 is 0 Å². The fourth-order valence-electron chi connectivity index (χ4n) is 3.54. The zero-order valence-electron chi connectivity index (χ0n) is 16.4. The molecule has 3 aromatic rings. The van der Waals surface area contributed by atoms with Crippen LogP contribution in [0.3, 0.4) is 0 Å². The number of allylic oxidation sites excluding steroid dienone is 2. The standard InChI is InChI=1S/C25H19N3O2/c1-30-25-12-11-19(15-27-25)20-13-23(22-10-6-5-7-18(22)14-26)24(17-29)28(16-20)21-8-3-2-4-9-21/h2-13,15-17,24H,1H3. The Hall–Kier alpha value is -4.17. The lowest BCUT2D eigenvalue weighted by Crippen LogP contribution is -2.35. The number of aromatic nitrogens is 1. The van der Waals surface area contributed by atoms with Crippen molar-refractivity contribution in [3.05, 3.63) is 102 Å². The van der Waals surface area contributed by atoms with Crippen molar-refractivity contribution in [3.8, 4) is 11.9 Å². The normalized spacial score (nSPS) is 15.6. The first-order valence-corrected chi connectivity index (χ1v) is 9.47. The summed E-state index contributed by atoms with van der Waals surface area (Å²) in [7, 11) is 1.57. The van der Waals surface area contributed by atoms with Crippen molar-refractivity contribution in [1.29, 1.82) is 5.26 Å². The zero-order valence-corrected chi connectivity index (χ0v) is 16.4. The van der Waals surface area contributed by atoms with Crippen LogP contribution in [0.15, 0.2) is 85.2 Å². The average molecular weight is 393 g/mol. The Labute approximate surface area is 175 Å². The van der Waals surface area contributed by atoms with Crippen molar-refractivity contribution in [1.82, 2.24) is 4.98 Å². The molecule has 5 heteroatoms. The van der Waals surface area contributed by atoms with Gasteiger partial charge in [0, 0.05) is 29.7 Å². The number of nitrogens with zero attached hydrogens (tertiary/aromatic N) is 3. The van der Waals surface area contributed by atoms with Crippen LogP contribution in [-0.4, -0.2) is 24.4 Å². The third-order valence-corrected chi connectivity index (χ3v) is 5.03. The molecule has 2 aromatic carbocycles. The topological polar surface area (TPSA) is 66.2 Å². The van der Waals surface area contributed by atoms with E-state index < -0.39 is 6.04 Å². The highest BCUT2D eigenvalue weighted by atomic mass is 16.5. The Morgan fingerprint density at radius 3 is 2.50 bits per heavy atom. The fraction of sp³-hybridized carbons (Fsp3) is 0.0800. The van der Waals surface area contributed by atoms with Gasteiger partial charge in [0.15, 0.2) is 0 Å². The molecule has 0 amide bonds. The number of para-hydroxylation sites is 1. The number of carbonyl (C=O) groups excluding carboxylic acids is 1. The van der Waals surface area contributed by atoms with Gasteiger partial charge in [0.05, 0.1) is 18.7 Å². The van der Waals surface area contributed by atoms with E-state index in [1.54, 1.807) is 25.4 Å². The predicted octanol–water partition coefficient (Wildman–Crippen LogP) is 4.47. The van der Waals surface area contributed by atoms with Crippen molar-refractivity contribution in [2.24, 2.45) is 0 Å². The van der Waals surface area contributed by atoms with Gasteiger partial charge in [0.1, 0.15) is 12.3 Å². The van der Waals surface area contributed by atoms with E-state index in [9.17, 15) is 10.1 Å². The second-order valence-corrected chi connectivity index (χ2v) is 6.75. The molecule has 1 aliphatic rings. The molecule has 2 heterocycles. The molecule has 1 aliphatic heterocycles. The van der Waals surface area contributed by atoms with Gasteiger partial charge in [-0.25, -0.2) is 4.98 Å². The van der Waals surface area contributed by atoms with Crippen LogP contribution in [0.2, 0.25) is 0 Å². The maximum Gasteiger partial charge on any atom is 0.212 e. The highest BCUT2D eigenvalue weighted by molar-refractivity contribution is 5.99. The maximum atomic E-state index is 12.2. The van der Waals surface area contributed by atoms with Gasteiger partial charge >= 0.3 is 0 Å². The first-order valence-electron chi connectivity index (χ1n) is 9.47. The van der Waals surface area contributed by atoms with E-state index in [1.165, 1.54) is 0 Å². The van der Waals surface area contributed by atoms with E-state index >= 15 is 0 Å². The number of ether oxygens (including phenoxy) is 1. The number of pyridine rings is 1. The molecule has 0 bridgehead atoms. The fourth-order valence-corrected chi connectivity index (χ4v) is 3.54. The number of hydrogen-bond donors (Lipinski definition) is 0. The summed E-state index contributed by atoms with van der Waals surface area (Å²) in [5.41, 5.74) is 4.68. The third-order valence-electron chi connectivity index (χ3n) is 5.03. The lowest BCUT2D eigenvalue weighted by molar-refractivity contribution is -0.107. The molecule has 5 nitrogen and oxygen atoms in total. The SMILES string of the molecule is COc1ccc(C2=CN(c3ccccc3)C(C=O)C(c3ccccc3C#N)=C2)cn1. The van der Waals surface area contributed by atoms with Gasteiger partial charge in [-0.1, -0.05) is 36.4 Å². The number of anilines is 1. The summed E-state index contributed by atoms with van der Waals surface area (Å²) in [6, 6.07) is 22.4. The van der Waals surface area contributed by atoms with Gasteiger partial charge in [0.2, 0.25) is 5.88 Å². The van der Waals surface area contributed by atoms with Gasteiger partial charge < -0.3 is 14.4 Å². The molecule has 0 N–H and O–H groups in total. The van der Waals surface area contributed by atoms with Gasteiger partial charge in [0.25, 0.3) is 0 Å². The quantitative estimate of drug-likeness (QED) is 0.598. The minimum atomic E-state index is -0.558. The van der Waals surface area contributed by atoms with Crippen LogP contribution in [0.4, 0.5) is 5.69 Å². The summed E-state index contributed by atoms with van der Waals surface area (Å²) >= 11 is 0. The van der Waals surface area contributed by atoms with Gasteiger partial charge in [-0.15, -0.1) is 0 Å². The molecule has 146 valence electrons. The van der Waals surface area contributed by atoms with Crippen molar-refractivity contribution in [2.45, 2.75) is 6.04 Å². The lowest BCUT2D eigenvalue weighted by atomic mass is 9.88. The van der Waals surface area contributed by atoms with Gasteiger partial charge in [-0.2, -0.15) is 5.26 Å². The highest BCUT2D eigenvalue weighted by Crippen LogP contribution is 2.36. The first kappa shape index (κ1) is 19.2. The number of carbonyl (C=O) groups is 1. The van der Waals surface area contributed by atoms with E-state index in [-0.39, 0.29) is 0 Å². The summed E-state index contributed by atoms with van der Waals surface area (Å²) in [5, 5.41) is 9.61. The first-order chi connectivity index (χ1) is 14.7. The van der Waals surface area contributed by atoms with Crippen LogP contribution in [-0.2, 0) is 4.79 Å². The number of aldehydes is 1. The van der Waals surface area contributed by atoms with E-state index in [0.29, 0.717) is 11.4 Å². The highest BCUT2D eigenvalue weighted by Gasteiger charge is 2.28. The molecule has 0 radical (unpaired) electrons. The maximum absolute atomic E-state index is 12.2. The lowest BCUT2D eigenvalue weighted by Gasteiger charge is -2.33. The number of methoxy groups -OCH3 is 1. The minimum Gasteiger partial charge on any atom is -0.481 e. The molecular weight excluding hydrogens is 374 g/mol. The third kappa shape index (κ3) is 3.59. The molecule has 0 saturated heterocycles. The van der Waals surface area contributed by atoms with E-state index in [1.807, 2.05) is 71.8 Å². The minimum absolute atomic E-state index is 0.526. The molecule has 0 aliphatic carbocycles. The second kappa shape index (κ2) is 8.46. The van der Waals surface area contributed by atoms with Gasteiger partial charge in [-0.05, 0) is 47.1 Å². The van der Waals surface area contributed by atoms with Gasteiger partial charge in [-0.3, -0.25) is 0 Å². The Kier molecular flexibility index (Phi) is 5.40. The van der Waals surface area contributed by atoms with E-state index in [4.69, 9.17) is 4.74 Å². The number of nitriles is 1. The number of hydrogen-bond acceptors (Lipinski definition) is 5. The zero-order chi connectivity index (χ0) is 20.9. The molecular formula is C25H19N3O2.